The third kappa shape index (κ3) is 4.95. The van der Waals surface area contributed by atoms with E-state index in [-0.39, 0.29) is 34.3 Å². The van der Waals surface area contributed by atoms with Gasteiger partial charge in [-0.05, 0) is 51.0 Å². The van der Waals surface area contributed by atoms with Gasteiger partial charge in [0.15, 0.2) is 8.32 Å². The molecule has 5 nitrogen and oxygen atoms in total. The highest BCUT2D eigenvalue weighted by atomic mass is 32.2. The van der Waals surface area contributed by atoms with E-state index in [1.165, 1.54) is 0 Å². The molecule has 0 bridgehead atoms. The molecule has 1 saturated heterocycles. The first-order valence-electron chi connectivity index (χ1n) is 9.17. The van der Waals surface area contributed by atoms with Crippen LogP contribution in [-0.2, 0) is 19.2 Å². The van der Waals surface area contributed by atoms with Gasteiger partial charge in [0, 0.05) is 6.04 Å². The summed E-state index contributed by atoms with van der Waals surface area (Å²) >= 11 is 0. The van der Waals surface area contributed by atoms with Crippen LogP contribution in [0, 0.1) is 6.92 Å². The lowest BCUT2D eigenvalue weighted by Gasteiger charge is -2.38. The Morgan fingerprint density at radius 3 is 2.15 bits per heavy atom. The molecule has 1 N–H and O–H groups in total. The lowest BCUT2D eigenvalue weighted by molar-refractivity contribution is 0.158. The Morgan fingerprint density at radius 2 is 1.65 bits per heavy atom. The number of benzene rings is 1. The molecule has 0 aromatic heterocycles. The summed E-state index contributed by atoms with van der Waals surface area (Å²) in [5, 5.41) is 0.129. The molecular weight excluding hydrogens is 366 g/mol. The Morgan fingerprint density at radius 1 is 1.12 bits per heavy atom. The largest absolute Gasteiger partial charge is 0.411 e. The van der Waals surface area contributed by atoms with Crippen molar-refractivity contribution in [2.24, 2.45) is 0 Å². The Kier molecular flexibility index (Phi) is 6.10. The predicted octanol–water partition coefficient (Wildman–Crippen LogP) is 3.84. The summed E-state index contributed by atoms with van der Waals surface area (Å²) in [5.74, 6) is 0. The Bertz CT molecular complexity index is 725. The lowest BCUT2D eigenvalue weighted by Crippen LogP contribution is -2.45. The first-order chi connectivity index (χ1) is 11.7. The minimum Gasteiger partial charge on any atom is -0.411 e. The third-order valence-electron chi connectivity index (χ3n) is 5.48. The van der Waals surface area contributed by atoms with E-state index in [2.05, 4.69) is 38.6 Å². The van der Waals surface area contributed by atoms with Gasteiger partial charge in [0.25, 0.3) is 0 Å². The molecule has 1 aliphatic heterocycles. The molecule has 1 aromatic rings. The van der Waals surface area contributed by atoms with E-state index in [1.54, 1.807) is 24.3 Å². The van der Waals surface area contributed by atoms with E-state index in [1.807, 2.05) is 20.8 Å². The number of aryl methyl sites for hydroxylation is 1. The zero-order valence-corrected chi connectivity index (χ0v) is 19.0. The van der Waals surface area contributed by atoms with Gasteiger partial charge in [-0.25, -0.2) is 13.1 Å². The zero-order valence-electron chi connectivity index (χ0n) is 17.2. The smallest absolute Gasteiger partial charge is 0.240 e. The van der Waals surface area contributed by atoms with Gasteiger partial charge in [-0.2, -0.15) is 0 Å². The van der Waals surface area contributed by atoms with Gasteiger partial charge in [-0.3, -0.25) is 0 Å². The van der Waals surface area contributed by atoms with Crippen molar-refractivity contribution in [1.82, 2.24) is 4.72 Å². The summed E-state index contributed by atoms with van der Waals surface area (Å²) in [7, 11) is -5.43. The highest BCUT2D eigenvalue weighted by Gasteiger charge is 2.50. The molecular formula is C19H33NO4SSi. The normalized spacial score (nSPS) is 23.5. The molecule has 0 spiro atoms. The van der Waals surface area contributed by atoms with Crippen LogP contribution in [0.25, 0.3) is 0 Å². The van der Waals surface area contributed by atoms with E-state index >= 15 is 0 Å². The topological polar surface area (TPSA) is 67.9 Å². The van der Waals surface area contributed by atoms with Crippen LogP contribution in [0.3, 0.4) is 0 Å². The zero-order chi connectivity index (χ0) is 19.9. The average Bonchev–Trinajstić information content (AvgIpc) is 3.26. The first-order valence-corrected chi connectivity index (χ1v) is 13.6. The summed E-state index contributed by atoms with van der Waals surface area (Å²) in [6, 6.07) is 6.53. The fourth-order valence-corrected chi connectivity index (χ4v) is 5.39. The monoisotopic (exact) mass is 399 g/mol. The van der Waals surface area contributed by atoms with Gasteiger partial charge in [-0.1, -0.05) is 38.5 Å². The van der Waals surface area contributed by atoms with E-state index < -0.39 is 18.3 Å². The molecule has 148 valence electrons. The number of hydrogen-bond donors (Lipinski definition) is 1. The van der Waals surface area contributed by atoms with Crippen molar-refractivity contribution in [3.8, 4) is 0 Å². The van der Waals surface area contributed by atoms with Crippen molar-refractivity contribution in [2.45, 2.75) is 88.9 Å². The first kappa shape index (κ1) is 21.6. The van der Waals surface area contributed by atoms with Crippen LogP contribution >= 0.6 is 0 Å². The van der Waals surface area contributed by atoms with Gasteiger partial charge >= 0.3 is 0 Å². The van der Waals surface area contributed by atoms with Gasteiger partial charge in [0.2, 0.25) is 10.0 Å². The SMILES string of the molecule is Cc1ccc(S(=O)(=O)N[C@H](C)[C@H]2O[C@H]2[C@H](C)O[Si](C)(C)C(C)(C)C)cc1. The molecule has 1 fully saturated rings. The van der Waals surface area contributed by atoms with E-state index in [4.69, 9.17) is 9.16 Å². The van der Waals surface area contributed by atoms with Gasteiger partial charge < -0.3 is 9.16 Å². The van der Waals surface area contributed by atoms with Crippen LogP contribution in [0.15, 0.2) is 29.2 Å². The number of nitrogens with one attached hydrogen (secondary N) is 1. The average molecular weight is 400 g/mol. The molecule has 0 aliphatic carbocycles. The maximum Gasteiger partial charge on any atom is 0.240 e. The molecule has 0 radical (unpaired) electrons. The Hall–Kier alpha value is -0.733. The molecule has 1 aromatic carbocycles. The maximum absolute atomic E-state index is 12.5. The van der Waals surface area contributed by atoms with Crippen LogP contribution in [0.1, 0.15) is 40.2 Å². The number of ether oxygens (including phenoxy) is 1. The molecule has 1 aliphatic rings. The molecule has 4 atom stereocenters. The van der Waals surface area contributed by atoms with Crippen molar-refractivity contribution < 1.29 is 17.6 Å². The highest BCUT2D eigenvalue weighted by molar-refractivity contribution is 7.89. The van der Waals surface area contributed by atoms with Crippen LogP contribution in [0.2, 0.25) is 18.1 Å². The maximum atomic E-state index is 12.5. The van der Waals surface area contributed by atoms with E-state index in [0.717, 1.165) is 5.56 Å². The highest BCUT2D eigenvalue weighted by Crippen LogP contribution is 2.40. The van der Waals surface area contributed by atoms with Crippen molar-refractivity contribution in [1.29, 1.82) is 0 Å². The molecule has 2 rings (SSSR count). The summed E-state index contributed by atoms with van der Waals surface area (Å²) in [6.07, 6.45) is -0.276. The van der Waals surface area contributed by atoms with Gasteiger partial charge in [0.05, 0.1) is 11.0 Å². The predicted molar refractivity (Wildman–Crippen MR) is 107 cm³/mol. The second-order valence-corrected chi connectivity index (χ2v) is 15.3. The van der Waals surface area contributed by atoms with E-state index in [9.17, 15) is 8.42 Å². The second-order valence-electron chi connectivity index (χ2n) is 8.87. The summed E-state index contributed by atoms with van der Waals surface area (Å²) in [6.45, 7) is 16.8. The molecule has 7 heteroatoms. The number of rotatable bonds is 7. The van der Waals surface area contributed by atoms with Gasteiger partial charge in [-0.15, -0.1) is 0 Å². The number of epoxide rings is 1. The number of hydrogen-bond acceptors (Lipinski definition) is 4. The van der Waals surface area contributed by atoms with Crippen molar-refractivity contribution >= 4 is 18.3 Å². The molecule has 26 heavy (non-hydrogen) atoms. The van der Waals surface area contributed by atoms with Crippen molar-refractivity contribution in [3.63, 3.8) is 0 Å². The molecule has 1 heterocycles. The fraction of sp³-hybridized carbons (Fsp3) is 0.684. The molecule has 0 unspecified atom stereocenters. The standard InChI is InChI=1S/C19H33NO4SSi/c1-13-9-11-16(12-10-13)25(21,22)20-14(2)17-18(23-17)15(3)24-26(7,8)19(4,5)6/h9-12,14-15,17-18,20H,1-8H3/t14-,15+,17-,18+/m1/s1. The Balaban J connectivity index is 1.96. The summed E-state index contributed by atoms with van der Waals surface area (Å²) < 4.78 is 39.9. The lowest BCUT2D eigenvalue weighted by atomic mass is 10.1. The van der Waals surface area contributed by atoms with Gasteiger partial charge in [0.1, 0.15) is 12.2 Å². The van der Waals surface area contributed by atoms with Crippen LogP contribution in [-0.4, -0.2) is 41.1 Å². The molecule has 0 amide bonds. The Labute approximate surface area is 159 Å². The van der Waals surface area contributed by atoms with Crippen LogP contribution in [0.5, 0.6) is 0 Å². The summed E-state index contributed by atoms with van der Waals surface area (Å²) in [4.78, 5) is 0.276. The van der Waals surface area contributed by atoms with Crippen LogP contribution in [0.4, 0.5) is 0 Å². The van der Waals surface area contributed by atoms with Crippen LogP contribution < -0.4 is 4.72 Å². The third-order valence-corrected chi connectivity index (χ3v) is 11.6. The van der Waals surface area contributed by atoms with E-state index in [0.29, 0.717) is 0 Å². The molecule has 0 saturated carbocycles. The fourth-order valence-electron chi connectivity index (χ4n) is 2.72. The van der Waals surface area contributed by atoms with Crippen molar-refractivity contribution in [2.75, 3.05) is 0 Å². The quantitative estimate of drug-likeness (QED) is 0.559. The van der Waals surface area contributed by atoms with Crippen molar-refractivity contribution in [3.05, 3.63) is 29.8 Å². The summed E-state index contributed by atoms with van der Waals surface area (Å²) in [5.41, 5.74) is 1.03. The number of sulfonamides is 1. The minimum absolute atomic E-state index is 0.0489. The second kappa shape index (κ2) is 7.35. The minimum atomic E-state index is -3.55.